The van der Waals surface area contributed by atoms with E-state index >= 15 is 0 Å². The van der Waals surface area contributed by atoms with Gasteiger partial charge >= 0.3 is 6.18 Å². The van der Waals surface area contributed by atoms with Crippen LogP contribution in [-0.4, -0.2) is 0 Å². The maximum Gasteiger partial charge on any atom is 0.416 e. The lowest BCUT2D eigenvalue weighted by Crippen LogP contribution is -2.31. The number of hydrogen-bond donors (Lipinski definition) is 2. The first-order valence-corrected chi connectivity index (χ1v) is 7.02. The van der Waals surface area contributed by atoms with Crippen molar-refractivity contribution in [3.05, 3.63) is 69.2 Å². The maximum absolute atomic E-state index is 13.2. The minimum atomic E-state index is -4.42. The Bertz CT molecular complexity index is 641. The summed E-state index contributed by atoms with van der Waals surface area (Å²) in [5, 5.41) is 0. The molecular weight excluding hydrogens is 345 g/mol. The van der Waals surface area contributed by atoms with E-state index in [0.717, 1.165) is 16.1 Å². The Labute approximate surface area is 129 Å². The summed E-state index contributed by atoms with van der Waals surface area (Å²) in [5.41, 5.74) is 3.47. The van der Waals surface area contributed by atoms with Gasteiger partial charge in [0.25, 0.3) is 0 Å². The lowest BCUT2D eigenvalue weighted by atomic mass is 9.92. The van der Waals surface area contributed by atoms with Crippen LogP contribution in [-0.2, 0) is 6.18 Å². The third-order valence-electron chi connectivity index (χ3n) is 3.30. The van der Waals surface area contributed by atoms with Crippen molar-refractivity contribution in [3.63, 3.8) is 0 Å². The minimum absolute atomic E-state index is 0.105. The molecule has 3 N–H and O–H groups in total. The second kappa shape index (κ2) is 6.17. The number of aryl methyl sites for hydroxylation is 1. The van der Waals surface area contributed by atoms with Crippen molar-refractivity contribution in [3.8, 4) is 0 Å². The maximum atomic E-state index is 13.2. The Morgan fingerprint density at radius 1 is 1.10 bits per heavy atom. The summed E-state index contributed by atoms with van der Waals surface area (Å²) in [6.07, 6.45) is -4.42. The van der Waals surface area contributed by atoms with Crippen LogP contribution in [0.5, 0.6) is 0 Å². The van der Waals surface area contributed by atoms with Crippen molar-refractivity contribution in [1.29, 1.82) is 0 Å². The molecule has 0 spiro atoms. The lowest BCUT2D eigenvalue weighted by Gasteiger charge is -2.23. The molecule has 1 unspecified atom stereocenters. The SMILES string of the molecule is Cc1ccc(Br)cc1C(NN)c1ccccc1C(F)(F)F. The van der Waals surface area contributed by atoms with E-state index in [9.17, 15) is 13.2 Å². The molecule has 0 radical (unpaired) electrons. The van der Waals surface area contributed by atoms with E-state index in [1.54, 1.807) is 12.1 Å². The number of hydrazine groups is 1. The van der Waals surface area contributed by atoms with Crippen LogP contribution in [0.2, 0.25) is 0 Å². The molecule has 0 amide bonds. The number of nitrogens with two attached hydrogens (primary N) is 1. The van der Waals surface area contributed by atoms with Crippen LogP contribution in [0.1, 0.15) is 28.3 Å². The fourth-order valence-corrected chi connectivity index (χ4v) is 2.66. The first-order chi connectivity index (χ1) is 9.84. The highest BCUT2D eigenvalue weighted by molar-refractivity contribution is 9.10. The van der Waals surface area contributed by atoms with Gasteiger partial charge in [-0.25, -0.2) is 5.43 Å². The molecule has 0 aliphatic rings. The number of rotatable bonds is 3. The molecule has 0 saturated carbocycles. The zero-order valence-corrected chi connectivity index (χ0v) is 12.8. The van der Waals surface area contributed by atoms with E-state index in [1.165, 1.54) is 12.1 Å². The molecule has 0 aliphatic carbocycles. The Morgan fingerprint density at radius 3 is 2.38 bits per heavy atom. The molecule has 0 aromatic heterocycles. The van der Waals surface area contributed by atoms with Gasteiger partial charge in [0, 0.05) is 4.47 Å². The van der Waals surface area contributed by atoms with Crippen molar-refractivity contribution < 1.29 is 13.2 Å². The number of halogens is 4. The van der Waals surface area contributed by atoms with Crippen molar-refractivity contribution in [2.45, 2.75) is 19.1 Å². The van der Waals surface area contributed by atoms with Gasteiger partial charge < -0.3 is 0 Å². The molecule has 2 aromatic rings. The van der Waals surface area contributed by atoms with Gasteiger partial charge in [-0.1, -0.05) is 40.2 Å². The minimum Gasteiger partial charge on any atom is -0.271 e. The molecule has 21 heavy (non-hydrogen) atoms. The zero-order chi connectivity index (χ0) is 15.6. The van der Waals surface area contributed by atoms with Crippen LogP contribution in [0.4, 0.5) is 13.2 Å². The number of benzene rings is 2. The summed E-state index contributed by atoms with van der Waals surface area (Å²) in [4.78, 5) is 0. The second-order valence-electron chi connectivity index (χ2n) is 4.69. The number of alkyl halides is 3. The molecule has 0 bridgehead atoms. The van der Waals surface area contributed by atoms with Gasteiger partial charge in [-0.05, 0) is 41.8 Å². The normalized spacial score (nSPS) is 13.2. The monoisotopic (exact) mass is 358 g/mol. The summed E-state index contributed by atoms with van der Waals surface area (Å²) in [5.74, 6) is 5.54. The highest BCUT2D eigenvalue weighted by Gasteiger charge is 2.35. The molecule has 0 fully saturated rings. The summed E-state index contributed by atoms with van der Waals surface area (Å²) in [6, 6.07) is 10.1. The first kappa shape index (κ1) is 16.0. The Kier molecular flexibility index (Phi) is 4.70. The molecule has 2 nitrogen and oxygen atoms in total. The number of nitrogens with one attached hydrogen (secondary N) is 1. The fraction of sp³-hybridized carbons (Fsp3) is 0.200. The van der Waals surface area contributed by atoms with E-state index in [0.29, 0.717) is 5.56 Å². The molecule has 2 rings (SSSR count). The summed E-state index contributed by atoms with van der Waals surface area (Å²) >= 11 is 3.33. The molecule has 0 saturated heterocycles. The molecule has 6 heteroatoms. The average molecular weight is 359 g/mol. The van der Waals surface area contributed by atoms with Gasteiger partial charge in [-0.15, -0.1) is 0 Å². The zero-order valence-electron chi connectivity index (χ0n) is 11.2. The first-order valence-electron chi connectivity index (χ1n) is 6.23. The van der Waals surface area contributed by atoms with Gasteiger partial charge in [0.2, 0.25) is 0 Å². The largest absolute Gasteiger partial charge is 0.416 e. The summed E-state index contributed by atoms with van der Waals surface area (Å²) < 4.78 is 40.3. The van der Waals surface area contributed by atoms with Crippen LogP contribution >= 0.6 is 15.9 Å². The van der Waals surface area contributed by atoms with Gasteiger partial charge in [0.15, 0.2) is 0 Å². The summed E-state index contributed by atoms with van der Waals surface area (Å²) in [6.45, 7) is 1.84. The van der Waals surface area contributed by atoms with Crippen molar-refractivity contribution >= 4 is 15.9 Å². The fourth-order valence-electron chi connectivity index (χ4n) is 2.28. The quantitative estimate of drug-likeness (QED) is 0.633. The Balaban J connectivity index is 2.60. The van der Waals surface area contributed by atoms with Gasteiger partial charge in [-0.2, -0.15) is 13.2 Å². The van der Waals surface area contributed by atoms with Crippen LogP contribution in [0.3, 0.4) is 0 Å². The predicted octanol–water partition coefficient (Wildman–Crippen LogP) is 4.33. The molecular formula is C15H14BrF3N2. The smallest absolute Gasteiger partial charge is 0.271 e. The van der Waals surface area contributed by atoms with Gasteiger partial charge in [0.05, 0.1) is 11.6 Å². The molecule has 112 valence electrons. The van der Waals surface area contributed by atoms with E-state index in [1.807, 2.05) is 19.1 Å². The van der Waals surface area contributed by atoms with E-state index < -0.39 is 17.8 Å². The van der Waals surface area contributed by atoms with Gasteiger partial charge in [-0.3, -0.25) is 5.84 Å². The molecule has 0 heterocycles. The lowest BCUT2D eigenvalue weighted by molar-refractivity contribution is -0.138. The summed E-state index contributed by atoms with van der Waals surface area (Å²) in [7, 11) is 0. The average Bonchev–Trinajstić information content (AvgIpc) is 2.43. The van der Waals surface area contributed by atoms with Crippen LogP contribution in [0.15, 0.2) is 46.9 Å². The predicted molar refractivity (Wildman–Crippen MR) is 79.5 cm³/mol. The van der Waals surface area contributed by atoms with Crippen molar-refractivity contribution in [2.24, 2.45) is 5.84 Å². The van der Waals surface area contributed by atoms with Crippen molar-refractivity contribution in [2.75, 3.05) is 0 Å². The van der Waals surface area contributed by atoms with E-state index in [4.69, 9.17) is 5.84 Å². The van der Waals surface area contributed by atoms with Crippen LogP contribution < -0.4 is 11.3 Å². The third kappa shape index (κ3) is 3.45. The standard InChI is InChI=1S/C15H14BrF3N2/c1-9-6-7-10(16)8-12(9)14(21-20)11-4-2-3-5-13(11)15(17,18)19/h2-8,14,21H,20H2,1H3. The van der Waals surface area contributed by atoms with Crippen LogP contribution in [0.25, 0.3) is 0 Å². The topological polar surface area (TPSA) is 38.0 Å². The van der Waals surface area contributed by atoms with Gasteiger partial charge in [0.1, 0.15) is 0 Å². The van der Waals surface area contributed by atoms with Crippen LogP contribution in [0, 0.1) is 6.92 Å². The second-order valence-corrected chi connectivity index (χ2v) is 5.60. The molecule has 0 aliphatic heterocycles. The number of hydrogen-bond acceptors (Lipinski definition) is 2. The molecule has 1 atom stereocenters. The van der Waals surface area contributed by atoms with E-state index in [2.05, 4.69) is 21.4 Å². The van der Waals surface area contributed by atoms with Crippen molar-refractivity contribution in [1.82, 2.24) is 5.43 Å². The van der Waals surface area contributed by atoms with E-state index in [-0.39, 0.29) is 5.56 Å². The Morgan fingerprint density at radius 2 is 1.76 bits per heavy atom. The highest BCUT2D eigenvalue weighted by Crippen LogP contribution is 2.37. The third-order valence-corrected chi connectivity index (χ3v) is 3.79. The highest BCUT2D eigenvalue weighted by atomic mass is 79.9. The molecule has 2 aromatic carbocycles. The Hall–Kier alpha value is -1.37.